The van der Waals surface area contributed by atoms with Crippen LogP contribution in [0, 0.1) is 0 Å². The second-order valence-electron chi connectivity index (χ2n) is 6.64. The average Bonchev–Trinajstić information content (AvgIpc) is 2.82. The first kappa shape index (κ1) is 17.1. The van der Waals surface area contributed by atoms with Crippen molar-refractivity contribution in [2.75, 3.05) is 34.4 Å². The minimum atomic E-state index is 0.159. The number of hydrogen-bond donors (Lipinski definition) is 2. The molecule has 0 atom stereocenters. The van der Waals surface area contributed by atoms with Crippen molar-refractivity contribution < 1.29 is 0 Å². The quantitative estimate of drug-likeness (QED) is 0.736. The summed E-state index contributed by atoms with van der Waals surface area (Å²) in [6.07, 6.45) is 1.04. The molecule has 0 spiro atoms. The molecule has 0 saturated carbocycles. The summed E-state index contributed by atoms with van der Waals surface area (Å²) in [4.78, 5) is 17.1. The standard InChI is InChI=1S/C20H23N7/c21-19-23-18(24-20(22)25-19)14-27-12-6-11-26(13-15-7-2-1-3-8-15)16-9-4-5-10-17(16)27/h1-5,7-10H,6,11-14H2,(H4,21,22,23,24,25). The van der Waals surface area contributed by atoms with Gasteiger partial charge in [0, 0.05) is 19.6 Å². The van der Waals surface area contributed by atoms with Gasteiger partial charge < -0.3 is 21.3 Å². The van der Waals surface area contributed by atoms with Crippen molar-refractivity contribution in [3.8, 4) is 0 Å². The Labute approximate surface area is 158 Å². The molecule has 2 heterocycles. The fourth-order valence-electron chi connectivity index (χ4n) is 3.52. The molecule has 1 aliphatic rings. The second-order valence-corrected chi connectivity index (χ2v) is 6.64. The summed E-state index contributed by atoms with van der Waals surface area (Å²) in [5.74, 6) is 0.906. The zero-order valence-corrected chi connectivity index (χ0v) is 15.1. The van der Waals surface area contributed by atoms with Crippen molar-refractivity contribution >= 4 is 23.3 Å². The highest BCUT2D eigenvalue weighted by Crippen LogP contribution is 2.33. The zero-order chi connectivity index (χ0) is 18.6. The van der Waals surface area contributed by atoms with E-state index >= 15 is 0 Å². The molecule has 4 rings (SSSR count). The number of nitrogens with zero attached hydrogens (tertiary/aromatic N) is 5. The number of para-hydroxylation sites is 2. The van der Waals surface area contributed by atoms with Gasteiger partial charge in [0.05, 0.1) is 17.9 Å². The summed E-state index contributed by atoms with van der Waals surface area (Å²) in [6.45, 7) is 3.34. The van der Waals surface area contributed by atoms with Crippen molar-refractivity contribution in [2.45, 2.75) is 19.5 Å². The average molecular weight is 361 g/mol. The lowest BCUT2D eigenvalue weighted by molar-refractivity contribution is 0.702. The predicted octanol–water partition coefficient (Wildman–Crippen LogP) is 2.45. The van der Waals surface area contributed by atoms with Gasteiger partial charge in [-0.25, -0.2) is 0 Å². The molecule has 27 heavy (non-hydrogen) atoms. The molecule has 7 nitrogen and oxygen atoms in total. The van der Waals surface area contributed by atoms with Gasteiger partial charge in [0.1, 0.15) is 0 Å². The molecule has 0 saturated heterocycles. The molecule has 0 radical (unpaired) electrons. The zero-order valence-electron chi connectivity index (χ0n) is 15.1. The van der Waals surface area contributed by atoms with Crippen molar-refractivity contribution in [3.05, 3.63) is 66.0 Å². The van der Waals surface area contributed by atoms with Gasteiger partial charge in [-0.3, -0.25) is 0 Å². The van der Waals surface area contributed by atoms with Crippen LogP contribution in [0.15, 0.2) is 54.6 Å². The molecule has 1 aliphatic heterocycles. The van der Waals surface area contributed by atoms with Crippen LogP contribution < -0.4 is 21.3 Å². The highest BCUT2D eigenvalue weighted by atomic mass is 15.2. The van der Waals surface area contributed by atoms with Crippen LogP contribution in [0.1, 0.15) is 17.8 Å². The third-order valence-corrected chi connectivity index (χ3v) is 4.68. The van der Waals surface area contributed by atoms with Crippen molar-refractivity contribution in [3.63, 3.8) is 0 Å². The SMILES string of the molecule is Nc1nc(N)nc(CN2CCCN(Cc3ccccc3)c3ccccc32)n1. The van der Waals surface area contributed by atoms with E-state index in [1.165, 1.54) is 16.9 Å². The lowest BCUT2D eigenvalue weighted by Crippen LogP contribution is -2.25. The third kappa shape index (κ3) is 3.92. The number of fused-ring (bicyclic) bond motifs is 1. The molecule has 2 aromatic carbocycles. The van der Waals surface area contributed by atoms with Gasteiger partial charge in [-0.15, -0.1) is 0 Å². The summed E-state index contributed by atoms with van der Waals surface area (Å²) in [5.41, 5.74) is 15.1. The fourth-order valence-corrected chi connectivity index (χ4v) is 3.52. The van der Waals surface area contributed by atoms with E-state index in [4.69, 9.17) is 11.5 Å². The molecular formula is C20H23N7. The van der Waals surface area contributed by atoms with E-state index in [-0.39, 0.29) is 11.9 Å². The second kappa shape index (κ2) is 7.49. The van der Waals surface area contributed by atoms with E-state index in [0.717, 1.165) is 26.1 Å². The molecule has 138 valence electrons. The van der Waals surface area contributed by atoms with Crippen LogP contribution in [-0.4, -0.2) is 28.0 Å². The van der Waals surface area contributed by atoms with Gasteiger partial charge in [0.15, 0.2) is 5.82 Å². The number of anilines is 4. The smallest absolute Gasteiger partial charge is 0.225 e. The molecule has 0 unspecified atom stereocenters. The summed E-state index contributed by atoms with van der Waals surface area (Å²) >= 11 is 0. The first-order valence-electron chi connectivity index (χ1n) is 9.08. The minimum absolute atomic E-state index is 0.159. The third-order valence-electron chi connectivity index (χ3n) is 4.68. The van der Waals surface area contributed by atoms with E-state index in [2.05, 4.69) is 73.3 Å². The van der Waals surface area contributed by atoms with Crippen molar-refractivity contribution in [2.24, 2.45) is 0 Å². The summed E-state index contributed by atoms with van der Waals surface area (Å²) in [7, 11) is 0. The van der Waals surface area contributed by atoms with Crippen LogP contribution in [0.4, 0.5) is 23.3 Å². The molecule has 3 aromatic rings. The first-order chi connectivity index (χ1) is 13.2. The Morgan fingerprint density at radius 3 is 1.89 bits per heavy atom. The number of benzene rings is 2. The molecule has 1 aromatic heterocycles. The topological polar surface area (TPSA) is 97.2 Å². The number of nitrogens with two attached hydrogens (primary N) is 2. The summed E-state index contributed by atoms with van der Waals surface area (Å²) in [6, 6.07) is 19.0. The molecule has 0 amide bonds. The molecular weight excluding hydrogens is 338 g/mol. The predicted molar refractivity (Wildman–Crippen MR) is 108 cm³/mol. The van der Waals surface area contributed by atoms with Gasteiger partial charge in [-0.1, -0.05) is 42.5 Å². The van der Waals surface area contributed by atoms with Gasteiger partial charge in [-0.2, -0.15) is 15.0 Å². The molecule has 4 N–H and O–H groups in total. The van der Waals surface area contributed by atoms with Crippen LogP contribution in [0.3, 0.4) is 0 Å². The number of nitrogen functional groups attached to an aromatic ring is 2. The van der Waals surface area contributed by atoms with E-state index in [9.17, 15) is 0 Å². The fraction of sp³-hybridized carbons (Fsp3) is 0.250. The van der Waals surface area contributed by atoms with Crippen LogP contribution >= 0.6 is 0 Å². The summed E-state index contributed by atoms with van der Waals surface area (Å²) < 4.78 is 0. The van der Waals surface area contributed by atoms with Gasteiger partial charge in [-0.05, 0) is 24.1 Å². The number of hydrogen-bond acceptors (Lipinski definition) is 7. The maximum atomic E-state index is 5.73. The number of rotatable bonds is 4. The van der Waals surface area contributed by atoms with Gasteiger partial charge >= 0.3 is 0 Å². The Hall–Kier alpha value is -3.35. The van der Waals surface area contributed by atoms with Crippen LogP contribution in [-0.2, 0) is 13.1 Å². The minimum Gasteiger partial charge on any atom is -0.368 e. The Morgan fingerprint density at radius 2 is 1.26 bits per heavy atom. The highest BCUT2D eigenvalue weighted by molar-refractivity contribution is 5.72. The number of aromatic nitrogens is 3. The Kier molecular flexibility index (Phi) is 4.74. The lowest BCUT2D eigenvalue weighted by atomic mass is 10.1. The van der Waals surface area contributed by atoms with Crippen LogP contribution in [0.5, 0.6) is 0 Å². The van der Waals surface area contributed by atoms with Crippen molar-refractivity contribution in [1.29, 1.82) is 0 Å². The Balaban J connectivity index is 1.62. The highest BCUT2D eigenvalue weighted by Gasteiger charge is 2.21. The van der Waals surface area contributed by atoms with E-state index in [1.807, 2.05) is 6.07 Å². The maximum absolute atomic E-state index is 5.73. The van der Waals surface area contributed by atoms with E-state index < -0.39 is 0 Å². The lowest BCUT2D eigenvalue weighted by Gasteiger charge is -2.27. The first-order valence-corrected chi connectivity index (χ1v) is 9.08. The summed E-state index contributed by atoms with van der Waals surface area (Å²) in [5, 5.41) is 0. The normalized spacial score (nSPS) is 13.9. The Morgan fingerprint density at radius 1 is 0.704 bits per heavy atom. The van der Waals surface area contributed by atoms with Crippen LogP contribution in [0.25, 0.3) is 0 Å². The molecule has 0 aliphatic carbocycles. The van der Waals surface area contributed by atoms with Crippen LogP contribution in [0.2, 0.25) is 0 Å². The maximum Gasteiger partial charge on any atom is 0.225 e. The van der Waals surface area contributed by atoms with Crippen molar-refractivity contribution in [1.82, 2.24) is 15.0 Å². The van der Waals surface area contributed by atoms with E-state index in [1.54, 1.807) is 0 Å². The Bertz CT molecular complexity index is 893. The molecule has 0 bridgehead atoms. The largest absolute Gasteiger partial charge is 0.368 e. The van der Waals surface area contributed by atoms with E-state index in [0.29, 0.717) is 12.4 Å². The molecule has 0 fully saturated rings. The van der Waals surface area contributed by atoms with Gasteiger partial charge in [0.2, 0.25) is 11.9 Å². The van der Waals surface area contributed by atoms with Gasteiger partial charge in [0.25, 0.3) is 0 Å². The molecule has 7 heteroatoms. The monoisotopic (exact) mass is 361 g/mol.